The van der Waals surface area contributed by atoms with Crippen molar-refractivity contribution in [3.8, 4) is 22.6 Å². The maximum atomic E-state index is 11.3. The summed E-state index contributed by atoms with van der Waals surface area (Å²) < 4.78 is 16.7. The summed E-state index contributed by atoms with van der Waals surface area (Å²) in [6.07, 6.45) is -1.22. The quantitative estimate of drug-likeness (QED) is 0.927. The van der Waals surface area contributed by atoms with Crippen molar-refractivity contribution >= 4 is 6.09 Å². The van der Waals surface area contributed by atoms with E-state index in [1.165, 1.54) is 0 Å². The average Bonchev–Trinajstić information content (AvgIpc) is 2.57. The molecule has 2 aromatic carbocycles. The van der Waals surface area contributed by atoms with Crippen molar-refractivity contribution < 1.29 is 19.0 Å². The van der Waals surface area contributed by atoms with E-state index in [0.29, 0.717) is 12.4 Å². The molecule has 2 aromatic rings. The summed E-state index contributed by atoms with van der Waals surface area (Å²) in [5, 5.41) is 0. The second-order valence-corrected chi connectivity index (χ2v) is 6.55. The average molecular weight is 327 g/mol. The molecule has 1 atom stereocenters. The van der Waals surface area contributed by atoms with Gasteiger partial charge < -0.3 is 19.9 Å². The van der Waals surface area contributed by atoms with E-state index >= 15 is 0 Å². The number of carbonyl (C=O) groups excluding carboxylic acids is 1. The molecule has 5 nitrogen and oxygen atoms in total. The Labute approximate surface area is 141 Å². The largest absolute Gasteiger partial charge is 0.496 e. The highest BCUT2D eigenvalue weighted by atomic mass is 16.6. The minimum absolute atomic E-state index is 0.353. The van der Waals surface area contributed by atoms with E-state index in [-0.39, 0.29) is 5.41 Å². The van der Waals surface area contributed by atoms with Crippen LogP contribution in [0.2, 0.25) is 0 Å². The first-order chi connectivity index (χ1) is 11.4. The third kappa shape index (κ3) is 2.89. The fourth-order valence-corrected chi connectivity index (χ4v) is 3.03. The van der Waals surface area contributed by atoms with Gasteiger partial charge in [0.2, 0.25) is 0 Å². The predicted octanol–water partition coefficient (Wildman–Crippen LogP) is 3.92. The Morgan fingerprint density at radius 2 is 2.00 bits per heavy atom. The number of fused-ring (bicyclic) bond motifs is 1. The maximum absolute atomic E-state index is 11.3. The zero-order valence-corrected chi connectivity index (χ0v) is 14.0. The van der Waals surface area contributed by atoms with Crippen LogP contribution in [0.5, 0.6) is 11.5 Å². The van der Waals surface area contributed by atoms with Crippen LogP contribution in [-0.2, 0) is 4.74 Å². The Hall–Kier alpha value is -2.69. The first-order valence-corrected chi connectivity index (χ1v) is 7.78. The number of rotatable bonds is 3. The Balaban J connectivity index is 2.04. The Morgan fingerprint density at radius 1 is 1.25 bits per heavy atom. The molecule has 0 saturated heterocycles. The molecule has 0 fully saturated rings. The Morgan fingerprint density at radius 3 is 2.71 bits per heavy atom. The monoisotopic (exact) mass is 327 g/mol. The molecule has 1 unspecified atom stereocenters. The molecular weight excluding hydrogens is 306 g/mol. The molecule has 1 aliphatic rings. The van der Waals surface area contributed by atoms with Crippen molar-refractivity contribution in [2.24, 2.45) is 11.1 Å². The van der Waals surface area contributed by atoms with Crippen LogP contribution in [0.15, 0.2) is 42.5 Å². The summed E-state index contributed by atoms with van der Waals surface area (Å²) in [6.45, 7) is 4.41. The first-order valence-electron chi connectivity index (χ1n) is 7.78. The summed E-state index contributed by atoms with van der Waals surface area (Å²) in [7, 11) is 1.65. The number of hydrogen-bond donors (Lipinski definition) is 1. The van der Waals surface area contributed by atoms with Crippen LogP contribution in [-0.4, -0.2) is 19.8 Å². The summed E-state index contributed by atoms with van der Waals surface area (Å²) in [6, 6.07) is 13.6. The number of para-hydroxylation sites is 1. The lowest BCUT2D eigenvalue weighted by Gasteiger charge is -2.38. The minimum atomic E-state index is -0.783. The van der Waals surface area contributed by atoms with E-state index in [0.717, 1.165) is 22.4 Å². The van der Waals surface area contributed by atoms with Crippen molar-refractivity contribution in [1.82, 2.24) is 0 Å². The molecule has 3 rings (SSSR count). The fourth-order valence-electron chi connectivity index (χ4n) is 3.03. The van der Waals surface area contributed by atoms with Gasteiger partial charge in [-0.25, -0.2) is 4.79 Å². The first kappa shape index (κ1) is 16.2. The van der Waals surface area contributed by atoms with Gasteiger partial charge in [-0.3, -0.25) is 0 Å². The van der Waals surface area contributed by atoms with Crippen LogP contribution in [0.25, 0.3) is 11.1 Å². The van der Waals surface area contributed by atoms with Gasteiger partial charge >= 0.3 is 6.09 Å². The summed E-state index contributed by atoms with van der Waals surface area (Å²) >= 11 is 0. The van der Waals surface area contributed by atoms with Crippen molar-refractivity contribution in [2.75, 3.05) is 13.7 Å². The van der Waals surface area contributed by atoms with Gasteiger partial charge in [0, 0.05) is 16.5 Å². The number of benzene rings is 2. The van der Waals surface area contributed by atoms with Crippen LogP contribution >= 0.6 is 0 Å². The van der Waals surface area contributed by atoms with Crippen LogP contribution in [0.4, 0.5) is 4.79 Å². The molecule has 0 aromatic heterocycles. The summed E-state index contributed by atoms with van der Waals surface area (Å²) in [5.41, 5.74) is 7.66. The van der Waals surface area contributed by atoms with E-state index < -0.39 is 12.2 Å². The van der Waals surface area contributed by atoms with Gasteiger partial charge in [0.15, 0.2) is 0 Å². The lowest BCUT2D eigenvalue weighted by Crippen LogP contribution is -2.37. The van der Waals surface area contributed by atoms with Crippen molar-refractivity contribution in [3.63, 3.8) is 0 Å². The third-order valence-electron chi connectivity index (χ3n) is 4.26. The van der Waals surface area contributed by atoms with Crippen molar-refractivity contribution in [3.05, 3.63) is 48.0 Å². The lowest BCUT2D eigenvalue weighted by molar-refractivity contribution is -0.0176. The third-order valence-corrected chi connectivity index (χ3v) is 4.26. The van der Waals surface area contributed by atoms with Gasteiger partial charge in [-0.05, 0) is 17.7 Å². The number of carbonyl (C=O) groups is 1. The van der Waals surface area contributed by atoms with Crippen LogP contribution in [0.1, 0.15) is 25.5 Å². The Bertz CT molecular complexity index is 770. The molecule has 0 saturated carbocycles. The topological polar surface area (TPSA) is 70.8 Å². The summed E-state index contributed by atoms with van der Waals surface area (Å²) in [4.78, 5) is 11.3. The molecule has 0 spiro atoms. The van der Waals surface area contributed by atoms with Gasteiger partial charge in [-0.15, -0.1) is 0 Å². The van der Waals surface area contributed by atoms with Crippen molar-refractivity contribution in [2.45, 2.75) is 20.0 Å². The maximum Gasteiger partial charge on any atom is 0.405 e. The fraction of sp³-hybridized carbons (Fsp3) is 0.316. The van der Waals surface area contributed by atoms with Gasteiger partial charge in [0.1, 0.15) is 17.6 Å². The molecule has 1 aliphatic heterocycles. The normalized spacial score (nSPS) is 18.2. The van der Waals surface area contributed by atoms with Gasteiger partial charge in [0.05, 0.1) is 13.7 Å². The molecule has 0 aliphatic carbocycles. The predicted molar refractivity (Wildman–Crippen MR) is 91.1 cm³/mol. The SMILES string of the molecule is COc1ccccc1-c1ccc2c(c1)OCC(C)(C)C2OC(N)=O. The molecule has 0 radical (unpaired) electrons. The van der Waals surface area contributed by atoms with Gasteiger partial charge in [0.25, 0.3) is 0 Å². The molecule has 126 valence electrons. The molecule has 0 bridgehead atoms. The van der Waals surface area contributed by atoms with E-state index in [4.69, 9.17) is 19.9 Å². The minimum Gasteiger partial charge on any atom is -0.496 e. The highest BCUT2D eigenvalue weighted by Crippen LogP contribution is 2.46. The molecule has 1 heterocycles. The molecule has 1 amide bonds. The van der Waals surface area contributed by atoms with E-state index in [1.807, 2.05) is 56.3 Å². The molecular formula is C19H21NO4. The standard InChI is InChI=1S/C19H21NO4/c1-19(2)11-23-16-10-12(13-6-4-5-7-15(13)22-3)8-9-14(16)17(19)24-18(20)21/h4-10,17H,11H2,1-3H3,(H2,20,21). The highest BCUT2D eigenvalue weighted by Gasteiger charge is 2.40. The lowest BCUT2D eigenvalue weighted by atomic mass is 9.80. The number of amides is 1. The number of primary amides is 1. The smallest absolute Gasteiger partial charge is 0.405 e. The Kier molecular flexibility index (Phi) is 4.09. The zero-order chi connectivity index (χ0) is 17.3. The van der Waals surface area contributed by atoms with Crippen LogP contribution in [0, 0.1) is 5.41 Å². The number of nitrogens with two attached hydrogens (primary N) is 1. The van der Waals surface area contributed by atoms with Gasteiger partial charge in [-0.1, -0.05) is 44.2 Å². The van der Waals surface area contributed by atoms with E-state index in [1.54, 1.807) is 7.11 Å². The number of hydrogen-bond acceptors (Lipinski definition) is 4. The zero-order valence-electron chi connectivity index (χ0n) is 14.0. The molecule has 5 heteroatoms. The summed E-state index contributed by atoms with van der Waals surface area (Å²) in [5.74, 6) is 1.49. The molecule has 2 N–H and O–H groups in total. The number of ether oxygens (including phenoxy) is 3. The van der Waals surface area contributed by atoms with E-state index in [9.17, 15) is 4.79 Å². The second-order valence-electron chi connectivity index (χ2n) is 6.55. The van der Waals surface area contributed by atoms with E-state index in [2.05, 4.69) is 0 Å². The number of methoxy groups -OCH3 is 1. The van der Waals surface area contributed by atoms with Crippen LogP contribution in [0.3, 0.4) is 0 Å². The second kappa shape index (κ2) is 6.07. The van der Waals surface area contributed by atoms with Crippen LogP contribution < -0.4 is 15.2 Å². The molecule has 24 heavy (non-hydrogen) atoms. The highest BCUT2D eigenvalue weighted by molar-refractivity contribution is 5.72. The van der Waals surface area contributed by atoms with Gasteiger partial charge in [-0.2, -0.15) is 0 Å². The van der Waals surface area contributed by atoms with Crippen molar-refractivity contribution in [1.29, 1.82) is 0 Å².